The molecule has 20 heavy (non-hydrogen) atoms. The van der Waals surface area contributed by atoms with E-state index in [9.17, 15) is 14.7 Å². The molecule has 0 aliphatic carbocycles. The number of carboxylic acid groups (broad SMARTS) is 1. The van der Waals surface area contributed by atoms with E-state index in [-0.39, 0.29) is 17.3 Å². The molecule has 7 heteroatoms. The number of amides is 2. The molecule has 2 rings (SSSR count). The summed E-state index contributed by atoms with van der Waals surface area (Å²) in [5.41, 5.74) is 0.299. The fourth-order valence-electron chi connectivity index (χ4n) is 1.88. The highest BCUT2D eigenvalue weighted by Gasteiger charge is 2.20. The minimum atomic E-state index is -1.10. The van der Waals surface area contributed by atoms with Gasteiger partial charge in [-0.15, -0.1) is 0 Å². The van der Waals surface area contributed by atoms with Crippen LogP contribution in [0.3, 0.4) is 0 Å². The summed E-state index contributed by atoms with van der Waals surface area (Å²) in [6.07, 6.45) is 4.74. The van der Waals surface area contributed by atoms with E-state index in [4.69, 9.17) is 0 Å². The van der Waals surface area contributed by atoms with Crippen LogP contribution in [0.4, 0.5) is 10.5 Å². The van der Waals surface area contributed by atoms with Gasteiger partial charge >= 0.3 is 12.0 Å². The van der Waals surface area contributed by atoms with Gasteiger partial charge in [0.2, 0.25) is 0 Å². The number of benzene rings is 1. The Bertz CT molecular complexity index is 587. The van der Waals surface area contributed by atoms with Crippen LogP contribution in [0, 0.1) is 0 Å². The number of aromatic carboxylic acids is 1. The number of carbonyl (C=O) groups is 2. The van der Waals surface area contributed by atoms with Crippen molar-refractivity contribution in [2.45, 2.75) is 6.42 Å². The summed E-state index contributed by atoms with van der Waals surface area (Å²) in [7, 11) is 0. The molecular weight excluding hydrogens is 392 g/mol. The van der Waals surface area contributed by atoms with Gasteiger partial charge in [-0.1, -0.05) is 28.1 Å². The lowest BCUT2D eigenvalue weighted by Gasteiger charge is -2.24. The Morgan fingerprint density at radius 3 is 2.60 bits per heavy atom. The Labute approximate surface area is 132 Å². The number of hydrogen-bond acceptors (Lipinski definition) is 2. The van der Waals surface area contributed by atoms with Crippen LogP contribution in [0.15, 0.2) is 33.2 Å². The molecule has 0 saturated carbocycles. The second-order valence-electron chi connectivity index (χ2n) is 4.25. The molecule has 0 spiro atoms. The zero-order valence-electron chi connectivity index (χ0n) is 10.4. The largest absolute Gasteiger partial charge is 0.478 e. The van der Waals surface area contributed by atoms with Gasteiger partial charge in [0, 0.05) is 22.0 Å². The summed E-state index contributed by atoms with van der Waals surface area (Å²) in [4.78, 5) is 25.0. The zero-order chi connectivity index (χ0) is 14.7. The van der Waals surface area contributed by atoms with Crippen molar-refractivity contribution in [3.63, 3.8) is 0 Å². The highest BCUT2D eigenvalue weighted by molar-refractivity contribution is 9.11. The second kappa shape index (κ2) is 6.41. The van der Waals surface area contributed by atoms with Crippen LogP contribution in [0.25, 0.3) is 0 Å². The number of hydrogen-bond donors (Lipinski definition) is 2. The van der Waals surface area contributed by atoms with Gasteiger partial charge in [0.1, 0.15) is 0 Å². The van der Waals surface area contributed by atoms with Crippen molar-refractivity contribution in [3.8, 4) is 0 Å². The van der Waals surface area contributed by atoms with Gasteiger partial charge in [-0.25, -0.2) is 9.59 Å². The van der Waals surface area contributed by atoms with Crippen LogP contribution < -0.4 is 5.32 Å². The maximum Gasteiger partial charge on any atom is 0.337 e. The summed E-state index contributed by atoms with van der Waals surface area (Å²) in [5.74, 6) is -1.10. The normalized spacial score (nSPS) is 14.2. The molecule has 2 amide bonds. The fourth-order valence-corrected chi connectivity index (χ4v) is 3.21. The molecule has 0 bridgehead atoms. The van der Waals surface area contributed by atoms with Crippen LogP contribution in [0.2, 0.25) is 0 Å². The maximum atomic E-state index is 12.1. The molecule has 106 valence electrons. The second-order valence-corrected chi connectivity index (χ2v) is 6.02. The molecule has 1 aliphatic rings. The number of nitrogens with zero attached hydrogens (tertiary/aromatic N) is 1. The molecule has 1 heterocycles. The van der Waals surface area contributed by atoms with Gasteiger partial charge in [-0.2, -0.15) is 0 Å². The Kier molecular flexibility index (Phi) is 4.82. The van der Waals surface area contributed by atoms with Crippen LogP contribution in [0.5, 0.6) is 0 Å². The molecule has 5 nitrogen and oxygen atoms in total. The van der Waals surface area contributed by atoms with Crippen molar-refractivity contribution >= 4 is 49.5 Å². The van der Waals surface area contributed by atoms with Crippen molar-refractivity contribution < 1.29 is 14.7 Å². The minimum Gasteiger partial charge on any atom is -0.478 e. The standard InChI is InChI=1S/C13H12Br2N2O3/c14-8-6-9(12(18)19)11(10(15)7-8)16-13(20)17-4-2-1-3-5-17/h1-2,6-7H,3-5H2,(H,16,20)(H,18,19). The highest BCUT2D eigenvalue weighted by atomic mass is 79.9. The summed E-state index contributed by atoms with van der Waals surface area (Å²) in [6, 6.07) is 2.84. The van der Waals surface area contributed by atoms with E-state index in [0.29, 0.717) is 22.0 Å². The van der Waals surface area contributed by atoms with Crippen molar-refractivity contribution in [2.24, 2.45) is 0 Å². The van der Waals surface area contributed by atoms with E-state index in [2.05, 4.69) is 37.2 Å². The molecule has 0 saturated heterocycles. The van der Waals surface area contributed by atoms with Crippen LogP contribution in [0.1, 0.15) is 16.8 Å². The molecule has 1 aliphatic heterocycles. The van der Waals surface area contributed by atoms with Crippen LogP contribution in [-0.2, 0) is 0 Å². The Hall–Kier alpha value is -1.34. The number of anilines is 1. The van der Waals surface area contributed by atoms with Gasteiger partial charge in [-0.05, 0) is 34.5 Å². The quantitative estimate of drug-likeness (QED) is 0.739. The van der Waals surface area contributed by atoms with Gasteiger partial charge in [0.05, 0.1) is 11.3 Å². The predicted molar refractivity (Wildman–Crippen MR) is 83.2 cm³/mol. The summed E-state index contributed by atoms with van der Waals surface area (Å²) in [5, 5.41) is 11.9. The van der Waals surface area contributed by atoms with E-state index < -0.39 is 5.97 Å². The third kappa shape index (κ3) is 3.40. The highest BCUT2D eigenvalue weighted by Crippen LogP contribution is 2.31. The topological polar surface area (TPSA) is 69.6 Å². The molecule has 0 aromatic heterocycles. The summed E-state index contributed by atoms with van der Waals surface area (Å²) < 4.78 is 1.14. The first-order valence-corrected chi connectivity index (χ1v) is 7.51. The number of rotatable bonds is 2. The first kappa shape index (κ1) is 15.1. The van der Waals surface area contributed by atoms with E-state index in [1.807, 2.05) is 12.2 Å². The van der Waals surface area contributed by atoms with Gasteiger partial charge in [0.25, 0.3) is 0 Å². The van der Waals surface area contributed by atoms with E-state index in [1.165, 1.54) is 6.07 Å². The third-order valence-corrected chi connectivity index (χ3v) is 3.95. The molecular formula is C13H12Br2N2O3. The fraction of sp³-hybridized carbons (Fsp3) is 0.231. The average Bonchev–Trinajstić information content (AvgIpc) is 2.42. The SMILES string of the molecule is O=C(O)c1cc(Br)cc(Br)c1NC(=O)N1CC=CCC1. The third-order valence-electron chi connectivity index (χ3n) is 2.86. The Morgan fingerprint density at radius 1 is 1.25 bits per heavy atom. The van der Waals surface area contributed by atoms with Crippen molar-refractivity contribution in [1.82, 2.24) is 4.90 Å². The Morgan fingerprint density at radius 2 is 2.00 bits per heavy atom. The van der Waals surface area contributed by atoms with Crippen molar-refractivity contribution in [2.75, 3.05) is 18.4 Å². The first-order chi connectivity index (χ1) is 9.49. The van der Waals surface area contributed by atoms with Gasteiger partial charge in [-0.3, -0.25) is 0 Å². The Balaban J connectivity index is 2.26. The molecule has 1 aromatic carbocycles. The number of urea groups is 1. The van der Waals surface area contributed by atoms with Crippen molar-refractivity contribution in [1.29, 1.82) is 0 Å². The van der Waals surface area contributed by atoms with E-state index in [0.717, 1.165) is 6.42 Å². The van der Waals surface area contributed by atoms with Crippen molar-refractivity contribution in [3.05, 3.63) is 38.8 Å². The molecule has 0 unspecified atom stereocenters. The lowest BCUT2D eigenvalue weighted by atomic mass is 10.2. The number of carbonyl (C=O) groups excluding carboxylic acids is 1. The van der Waals surface area contributed by atoms with Crippen LogP contribution in [-0.4, -0.2) is 35.1 Å². The summed E-state index contributed by atoms with van der Waals surface area (Å²) >= 11 is 6.51. The molecule has 0 atom stereocenters. The smallest absolute Gasteiger partial charge is 0.337 e. The number of carboxylic acids is 1. The number of nitrogens with one attached hydrogen (secondary N) is 1. The van der Waals surface area contributed by atoms with Crippen LogP contribution >= 0.6 is 31.9 Å². The van der Waals surface area contributed by atoms with Gasteiger partial charge in [0.15, 0.2) is 0 Å². The molecule has 0 fully saturated rings. The van der Waals surface area contributed by atoms with Gasteiger partial charge < -0.3 is 15.3 Å². The first-order valence-electron chi connectivity index (χ1n) is 5.92. The average molecular weight is 404 g/mol. The molecule has 1 aromatic rings. The maximum absolute atomic E-state index is 12.1. The van der Waals surface area contributed by atoms with E-state index >= 15 is 0 Å². The minimum absolute atomic E-state index is 0.0344. The number of halogens is 2. The lowest BCUT2D eigenvalue weighted by molar-refractivity contribution is 0.0698. The molecule has 2 N–H and O–H groups in total. The lowest BCUT2D eigenvalue weighted by Crippen LogP contribution is -2.37. The monoisotopic (exact) mass is 402 g/mol. The van der Waals surface area contributed by atoms with E-state index in [1.54, 1.807) is 11.0 Å². The molecule has 0 radical (unpaired) electrons. The summed E-state index contributed by atoms with van der Waals surface area (Å²) in [6.45, 7) is 1.15. The predicted octanol–water partition coefficient (Wildman–Crippen LogP) is 3.70. The zero-order valence-corrected chi connectivity index (χ0v) is 13.6.